The second kappa shape index (κ2) is 4.78. The Bertz CT molecular complexity index is 693. The molecule has 2 heteroatoms. The van der Waals surface area contributed by atoms with Gasteiger partial charge in [-0.25, -0.2) is 0 Å². The molecule has 0 aliphatic heterocycles. The van der Waals surface area contributed by atoms with E-state index in [1.165, 1.54) is 5.57 Å². The van der Waals surface area contributed by atoms with Crippen molar-refractivity contribution >= 4 is 11.6 Å². The van der Waals surface area contributed by atoms with Crippen LogP contribution in [-0.2, 0) is 9.59 Å². The lowest BCUT2D eigenvalue weighted by atomic mass is 9.51. The first kappa shape index (κ1) is 15.1. The van der Waals surface area contributed by atoms with Gasteiger partial charge in [0.1, 0.15) is 0 Å². The topological polar surface area (TPSA) is 34.1 Å². The van der Waals surface area contributed by atoms with E-state index in [2.05, 4.69) is 26.0 Å². The molecule has 0 spiro atoms. The summed E-state index contributed by atoms with van der Waals surface area (Å²) in [5.41, 5.74) is 4.11. The van der Waals surface area contributed by atoms with E-state index in [1.54, 1.807) is 12.5 Å². The Hall–Kier alpha value is -1.44. The van der Waals surface area contributed by atoms with Gasteiger partial charge in [0, 0.05) is 17.3 Å². The molecule has 1 fully saturated rings. The third kappa shape index (κ3) is 1.93. The van der Waals surface area contributed by atoms with Crippen LogP contribution in [0.3, 0.4) is 0 Å². The molecular weight excluding hydrogens is 284 g/mol. The number of hydrogen-bond donors (Lipinski definition) is 0. The Balaban J connectivity index is 1.75. The Morgan fingerprint density at radius 1 is 1.22 bits per heavy atom. The first-order chi connectivity index (χ1) is 10.9. The number of allylic oxidation sites excluding steroid dienone is 6. The fourth-order valence-electron chi connectivity index (χ4n) is 5.98. The van der Waals surface area contributed by atoms with Crippen LogP contribution < -0.4 is 0 Å². The predicted molar refractivity (Wildman–Crippen MR) is 90.8 cm³/mol. The second-order valence-corrected chi connectivity index (χ2v) is 8.41. The summed E-state index contributed by atoms with van der Waals surface area (Å²) in [6.07, 6.45) is 12.4. The molecule has 0 aromatic rings. The van der Waals surface area contributed by atoms with Gasteiger partial charge < -0.3 is 0 Å². The lowest BCUT2D eigenvalue weighted by molar-refractivity contribution is -0.116. The van der Waals surface area contributed by atoms with Crippen LogP contribution in [0, 0.1) is 22.7 Å². The summed E-state index contributed by atoms with van der Waals surface area (Å²) in [4.78, 5) is 23.9. The molecular formula is C21H26O2. The lowest BCUT2D eigenvalue weighted by Crippen LogP contribution is -2.44. The highest BCUT2D eigenvalue weighted by molar-refractivity contribution is 5.95. The van der Waals surface area contributed by atoms with E-state index in [1.807, 2.05) is 6.08 Å². The number of carbonyl (C=O) groups excluding carboxylic acids is 2. The van der Waals surface area contributed by atoms with Gasteiger partial charge >= 0.3 is 0 Å². The minimum absolute atomic E-state index is 0.0298. The summed E-state index contributed by atoms with van der Waals surface area (Å²) >= 11 is 0. The molecule has 4 atom stereocenters. The molecule has 0 amide bonds. The zero-order valence-electron chi connectivity index (χ0n) is 14.4. The molecule has 4 aliphatic carbocycles. The number of hydrogen-bond acceptors (Lipinski definition) is 2. The van der Waals surface area contributed by atoms with Crippen molar-refractivity contribution in [3.05, 3.63) is 34.9 Å². The van der Waals surface area contributed by atoms with Gasteiger partial charge in [0.15, 0.2) is 11.6 Å². The number of ketones is 2. The van der Waals surface area contributed by atoms with Gasteiger partial charge in [-0.05, 0) is 62.5 Å². The molecule has 0 heterocycles. The first-order valence-electron chi connectivity index (χ1n) is 9.02. The lowest BCUT2D eigenvalue weighted by Gasteiger charge is -2.53. The number of fused-ring (bicyclic) bond motifs is 5. The maximum Gasteiger partial charge on any atom is 0.156 e. The van der Waals surface area contributed by atoms with Crippen molar-refractivity contribution in [2.75, 3.05) is 0 Å². The normalized spacial score (nSPS) is 42.0. The highest BCUT2D eigenvalue weighted by Gasteiger charge is 2.54. The van der Waals surface area contributed by atoms with Gasteiger partial charge in [0.25, 0.3) is 0 Å². The summed E-state index contributed by atoms with van der Waals surface area (Å²) in [5.74, 6) is 1.70. The maximum atomic E-state index is 12.1. The maximum absolute atomic E-state index is 12.1. The van der Waals surface area contributed by atoms with Crippen LogP contribution in [-0.4, -0.2) is 11.6 Å². The average Bonchev–Trinajstić information content (AvgIpc) is 2.85. The molecule has 0 N–H and O–H groups in total. The summed E-state index contributed by atoms with van der Waals surface area (Å²) in [6.45, 7) is 6.36. The molecule has 0 aromatic carbocycles. The Morgan fingerprint density at radius 2 is 2.00 bits per heavy atom. The van der Waals surface area contributed by atoms with Crippen LogP contribution >= 0.6 is 0 Å². The van der Waals surface area contributed by atoms with Gasteiger partial charge in [-0.1, -0.05) is 37.1 Å². The Labute approximate surface area is 138 Å². The van der Waals surface area contributed by atoms with Crippen molar-refractivity contribution in [1.82, 2.24) is 0 Å². The molecule has 4 rings (SSSR count). The van der Waals surface area contributed by atoms with E-state index in [-0.39, 0.29) is 16.6 Å². The molecule has 0 bridgehead atoms. The standard InChI is InChI=1S/C21H26O2/c1-13(22)17-6-7-18-16-5-4-14-12-15(23)8-10-20(14,2)19(16)9-11-21(17,18)3/h6,9,12,16,18H,4-5,7-8,10-11H2,1-3H3/t16-,18-,20-,21+/m0/s1. The van der Waals surface area contributed by atoms with E-state index in [0.29, 0.717) is 24.0 Å². The molecule has 122 valence electrons. The fourth-order valence-corrected chi connectivity index (χ4v) is 5.98. The third-order valence-corrected chi connectivity index (χ3v) is 7.30. The van der Waals surface area contributed by atoms with Crippen LogP contribution in [0.25, 0.3) is 0 Å². The van der Waals surface area contributed by atoms with Crippen LogP contribution in [0.2, 0.25) is 0 Å². The quantitative estimate of drug-likeness (QED) is 0.665. The van der Waals surface area contributed by atoms with Crippen molar-refractivity contribution in [2.45, 2.75) is 59.3 Å². The molecule has 23 heavy (non-hydrogen) atoms. The largest absolute Gasteiger partial charge is 0.295 e. The van der Waals surface area contributed by atoms with Gasteiger partial charge in [0.05, 0.1) is 0 Å². The van der Waals surface area contributed by atoms with Gasteiger partial charge in [-0.3, -0.25) is 9.59 Å². The Morgan fingerprint density at radius 3 is 2.74 bits per heavy atom. The third-order valence-electron chi connectivity index (χ3n) is 7.30. The second-order valence-electron chi connectivity index (χ2n) is 8.41. The van der Waals surface area contributed by atoms with E-state index in [4.69, 9.17) is 0 Å². The van der Waals surface area contributed by atoms with E-state index < -0.39 is 0 Å². The van der Waals surface area contributed by atoms with Crippen molar-refractivity contribution in [1.29, 1.82) is 0 Å². The fraction of sp³-hybridized carbons (Fsp3) is 0.619. The number of carbonyl (C=O) groups is 2. The number of rotatable bonds is 1. The van der Waals surface area contributed by atoms with Crippen molar-refractivity contribution < 1.29 is 9.59 Å². The summed E-state index contributed by atoms with van der Waals surface area (Å²) in [6, 6.07) is 0. The van der Waals surface area contributed by atoms with E-state index >= 15 is 0 Å². The van der Waals surface area contributed by atoms with Crippen molar-refractivity contribution in [2.24, 2.45) is 22.7 Å². The SMILES string of the molecule is CC(=O)C1=CC[C@H]2[C@@H]3CCC4=CC(=O)CC[C@]4(C)C3=CC[C@]12C. The van der Waals surface area contributed by atoms with Crippen LogP contribution in [0.1, 0.15) is 59.3 Å². The summed E-state index contributed by atoms with van der Waals surface area (Å²) in [5, 5.41) is 0. The summed E-state index contributed by atoms with van der Waals surface area (Å²) in [7, 11) is 0. The van der Waals surface area contributed by atoms with Crippen LogP contribution in [0.15, 0.2) is 34.9 Å². The minimum Gasteiger partial charge on any atom is -0.295 e. The predicted octanol–water partition coefficient (Wildman–Crippen LogP) is 4.56. The monoisotopic (exact) mass is 310 g/mol. The Kier molecular flexibility index (Phi) is 3.14. The molecule has 0 unspecified atom stereocenters. The van der Waals surface area contributed by atoms with Crippen LogP contribution in [0.4, 0.5) is 0 Å². The molecule has 1 saturated carbocycles. The van der Waals surface area contributed by atoms with E-state index in [0.717, 1.165) is 37.7 Å². The number of Topliss-reactive ketones (excluding diaryl/α,β-unsaturated/α-hetero) is 1. The minimum atomic E-state index is 0.0298. The molecule has 4 aliphatic rings. The van der Waals surface area contributed by atoms with Crippen LogP contribution in [0.5, 0.6) is 0 Å². The molecule has 0 saturated heterocycles. The van der Waals surface area contributed by atoms with Gasteiger partial charge in [0.2, 0.25) is 0 Å². The van der Waals surface area contributed by atoms with Gasteiger partial charge in [-0.15, -0.1) is 0 Å². The van der Waals surface area contributed by atoms with Gasteiger partial charge in [-0.2, -0.15) is 0 Å². The molecule has 2 nitrogen and oxygen atoms in total. The molecule has 0 radical (unpaired) electrons. The van der Waals surface area contributed by atoms with Crippen molar-refractivity contribution in [3.63, 3.8) is 0 Å². The highest BCUT2D eigenvalue weighted by Crippen LogP contribution is 2.63. The average molecular weight is 310 g/mol. The van der Waals surface area contributed by atoms with E-state index in [9.17, 15) is 9.59 Å². The van der Waals surface area contributed by atoms with Crippen molar-refractivity contribution in [3.8, 4) is 0 Å². The smallest absolute Gasteiger partial charge is 0.156 e. The first-order valence-corrected chi connectivity index (χ1v) is 9.02. The molecule has 0 aromatic heterocycles. The summed E-state index contributed by atoms with van der Waals surface area (Å²) < 4.78 is 0. The highest BCUT2D eigenvalue weighted by atomic mass is 16.1. The zero-order valence-corrected chi connectivity index (χ0v) is 14.4. The zero-order chi connectivity index (χ0) is 16.4.